The second kappa shape index (κ2) is 15.6. The molecule has 0 bridgehead atoms. The highest BCUT2D eigenvalue weighted by Crippen LogP contribution is 2.60. The van der Waals surface area contributed by atoms with Crippen LogP contribution in [0.1, 0.15) is 66.8 Å². The molecule has 3 heteroatoms. The molecule has 0 radical (unpaired) electrons. The summed E-state index contributed by atoms with van der Waals surface area (Å²) in [5, 5.41) is 2.14. The van der Waals surface area contributed by atoms with E-state index in [4.69, 9.17) is 4.42 Å². The second-order valence-electron chi connectivity index (χ2n) is 19.2. The summed E-state index contributed by atoms with van der Waals surface area (Å²) in [6.45, 7) is 8.85. The highest BCUT2D eigenvalue weighted by atomic mass is 16.3. The van der Waals surface area contributed by atoms with Gasteiger partial charge in [0, 0.05) is 22.1 Å². The fraction of sp³-hybridized carbons (Fsp3) is 0.0909. The maximum absolute atomic E-state index is 6.74. The van der Waals surface area contributed by atoms with Crippen LogP contribution in [0, 0.1) is 27.7 Å². The summed E-state index contributed by atoms with van der Waals surface area (Å²) in [6.07, 6.45) is 0. The predicted octanol–water partition coefficient (Wildman–Crippen LogP) is 17.2. The van der Waals surface area contributed by atoms with Crippen molar-refractivity contribution in [2.24, 2.45) is 0 Å². The van der Waals surface area contributed by atoms with Crippen molar-refractivity contribution in [3.05, 3.63) is 297 Å². The first-order valence-corrected chi connectivity index (χ1v) is 24.1. The first-order chi connectivity index (χ1) is 33.8. The normalized spacial score (nSPS) is 14.3. The van der Waals surface area contributed by atoms with E-state index in [2.05, 4.69) is 268 Å². The van der Waals surface area contributed by atoms with Gasteiger partial charge >= 0.3 is 0 Å². The average Bonchev–Trinajstić information content (AvgIpc) is 3.75. The van der Waals surface area contributed by atoms with Gasteiger partial charge in [-0.05, 0) is 133 Å². The summed E-state index contributed by atoms with van der Waals surface area (Å²) in [6, 6.07) is 85.7. The molecule has 2 aliphatic heterocycles. The quantitative estimate of drug-likeness (QED) is 0.166. The van der Waals surface area contributed by atoms with E-state index in [1.54, 1.807) is 0 Å². The zero-order valence-electron chi connectivity index (χ0n) is 39.2. The van der Waals surface area contributed by atoms with Crippen molar-refractivity contribution < 1.29 is 4.42 Å². The van der Waals surface area contributed by atoms with Gasteiger partial charge in [0.05, 0.1) is 33.6 Å². The molecule has 330 valence electrons. The zero-order chi connectivity index (χ0) is 46.4. The highest BCUT2D eigenvalue weighted by Gasteiger charge is 2.48. The molecule has 0 saturated carbocycles. The minimum Gasteiger partial charge on any atom is -0.456 e. The van der Waals surface area contributed by atoms with Crippen molar-refractivity contribution in [1.29, 1.82) is 0 Å². The molecule has 0 amide bonds. The van der Waals surface area contributed by atoms with Crippen molar-refractivity contribution in [3.8, 4) is 0 Å². The van der Waals surface area contributed by atoms with E-state index >= 15 is 0 Å². The largest absolute Gasteiger partial charge is 0.456 e. The molecule has 1 aromatic heterocycles. The first-order valence-electron chi connectivity index (χ1n) is 24.1. The molecule has 0 atom stereocenters. The molecule has 0 spiro atoms. The van der Waals surface area contributed by atoms with E-state index in [-0.39, 0.29) is 0 Å². The van der Waals surface area contributed by atoms with Crippen LogP contribution in [-0.2, 0) is 10.8 Å². The van der Waals surface area contributed by atoms with Crippen molar-refractivity contribution in [2.45, 2.75) is 38.5 Å². The van der Waals surface area contributed by atoms with E-state index < -0.39 is 10.8 Å². The van der Waals surface area contributed by atoms with Crippen molar-refractivity contribution in [3.63, 3.8) is 0 Å². The van der Waals surface area contributed by atoms with Crippen LogP contribution < -0.4 is 9.80 Å². The minimum atomic E-state index is -0.556. The number of benzene rings is 10. The number of hydrogen-bond acceptors (Lipinski definition) is 3. The van der Waals surface area contributed by atoms with Gasteiger partial charge in [-0.1, -0.05) is 192 Å². The van der Waals surface area contributed by atoms with Gasteiger partial charge in [0.25, 0.3) is 0 Å². The number of anilines is 6. The summed E-state index contributed by atoms with van der Waals surface area (Å²) < 4.78 is 6.74. The fourth-order valence-electron chi connectivity index (χ4n) is 12.0. The highest BCUT2D eigenvalue weighted by molar-refractivity contribution is 6.09. The van der Waals surface area contributed by atoms with Gasteiger partial charge in [0.2, 0.25) is 0 Å². The lowest BCUT2D eigenvalue weighted by atomic mass is 9.62. The minimum absolute atomic E-state index is 0.556. The van der Waals surface area contributed by atoms with Crippen LogP contribution in [-0.4, -0.2) is 0 Å². The molecular formula is C66H50N2O. The Kier molecular flexibility index (Phi) is 9.22. The van der Waals surface area contributed by atoms with Crippen LogP contribution in [0.5, 0.6) is 0 Å². The Morgan fingerprint density at radius 3 is 0.841 bits per heavy atom. The van der Waals surface area contributed by atoms with Gasteiger partial charge in [-0.3, -0.25) is 0 Å². The van der Waals surface area contributed by atoms with E-state index in [9.17, 15) is 0 Å². The van der Waals surface area contributed by atoms with E-state index in [0.29, 0.717) is 0 Å². The van der Waals surface area contributed by atoms with Gasteiger partial charge < -0.3 is 14.2 Å². The maximum atomic E-state index is 6.74. The Hall–Kier alpha value is -8.40. The Labute approximate surface area is 404 Å². The van der Waals surface area contributed by atoms with Crippen LogP contribution in [0.25, 0.3) is 21.9 Å². The summed E-state index contributed by atoms with van der Waals surface area (Å²) >= 11 is 0. The lowest BCUT2D eigenvalue weighted by Gasteiger charge is -2.47. The molecule has 2 aliphatic rings. The van der Waals surface area contributed by atoms with Crippen LogP contribution in [0.3, 0.4) is 0 Å². The molecule has 0 unspecified atom stereocenters. The SMILES string of the molecule is Cc1ccc2c(c1)C(c1ccccc1)(c1ccccc1)c1cc(C)ccc1N2c1ccc2oc3ccc(N4c5ccc(C)cc5C(c5ccccc5)(c5ccccc5)c5cc(C)ccc54)cc3c2c1. The Morgan fingerprint density at radius 1 is 0.290 bits per heavy atom. The molecule has 3 nitrogen and oxygen atoms in total. The summed E-state index contributed by atoms with van der Waals surface area (Å²) in [4.78, 5) is 4.95. The lowest BCUT2D eigenvalue weighted by Crippen LogP contribution is -2.38. The predicted molar refractivity (Wildman–Crippen MR) is 286 cm³/mol. The molecule has 0 fully saturated rings. The standard InChI is InChI=1S/C66H50N2O/c1-43-25-31-59-55(37-43)65(47-17-9-5-10-18-47,48-19-11-6-12-20-48)56-38-44(2)26-32-60(56)67(59)51-29-35-63-53(41-51)54-42-52(30-36-64(54)69-63)68-61-33-27-45(3)39-57(61)66(49-21-13-7-14-22-49,50-23-15-8-16-24-50)58-40-46(4)28-34-62(58)68/h5-42H,1-4H3. The molecule has 11 aromatic rings. The lowest BCUT2D eigenvalue weighted by molar-refractivity contribution is 0.669. The first kappa shape index (κ1) is 40.8. The number of rotatable bonds is 6. The molecular weight excluding hydrogens is 837 g/mol. The maximum Gasteiger partial charge on any atom is 0.135 e. The average molecular weight is 887 g/mol. The van der Waals surface area contributed by atoms with Gasteiger partial charge in [-0.15, -0.1) is 0 Å². The third kappa shape index (κ3) is 6.00. The summed E-state index contributed by atoms with van der Waals surface area (Å²) in [5.41, 5.74) is 22.3. The molecule has 10 aromatic carbocycles. The Morgan fingerprint density at radius 2 is 0.565 bits per heavy atom. The number of hydrogen-bond donors (Lipinski definition) is 0. The van der Waals surface area contributed by atoms with Crippen molar-refractivity contribution in [1.82, 2.24) is 0 Å². The number of furan rings is 1. The molecule has 69 heavy (non-hydrogen) atoms. The fourth-order valence-corrected chi connectivity index (χ4v) is 12.0. The van der Waals surface area contributed by atoms with Crippen LogP contribution in [0.4, 0.5) is 34.1 Å². The van der Waals surface area contributed by atoms with E-state index in [1.807, 2.05) is 0 Å². The third-order valence-electron chi connectivity index (χ3n) is 15.0. The van der Waals surface area contributed by atoms with E-state index in [1.165, 1.54) is 66.8 Å². The summed E-state index contributed by atoms with van der Waals surface area (Å²) in [7, 11) is 0. The Bertz CT molecular complexity index is 3340. The molecule has 3 heterocycles. The molecule has 0 saturated heterocycles. The molecule has 13 rings (SSSR count). The number of fused-ring (bicyclic) bond motifs is 7. The van der Waals surface area contributed by atoms with Crippen molar-refractivity contribution in [2.75, 3.05) is 9.80 Å². The van der Waals surface area contributed by atoms with Gasteiger partial charge in [-0.25, -0.2) is 0 Å². The van der Waals surface area contributed by atoms with Gasteiger partial charge in [0.15, 0.2) is 0 Å². The van der Waals surface area contributed by atoms with Crippen LogP contribution >= 0.6 is 0 Å². The third-order valence-corrected chi connectivity index (χ3v) is 15.0. The van der Waals surface area contributed by atoms with E-state index in [0.717, 1.165) is 56.1 Å². The Balaban J connectivity index is 1.03. The molecule has 0 aliphatic carbocycles. The topological polar surface area (TPSA) is 19.6 Å². The van der Waals surface area contributed by atoms with Crippen LogP contribution in [0.2, 0.25) is 0 Å². The number of aryl methyl sites for hydroxylation is 4. The van der Waals surface area contributed by atoms with Crippen LogP contribution in [0.15, 0.2) is 235 Å². The van der Waals surface area contributed by atoms with Gasteiger partial charge in [0.1, 0.15) is 11.2 Å². The molecule has 0 N–H and O–H groups in total. The zero-order valence-corrected chi connectivity index (χ0v) is 39.2. The smallest absolute Gasteiger partial charge is 0.135 e. The van der Waals surface area contributed by atoms with Crippen molar-refractivity contribution >= 4 is 56.1 Å². The number of nitrogens with zero attached hydrogens (tertiary/aromatic N) is 2. The monoisotopic (exact) mass is 886 g/mol. The summed E-state index contributed by atoms with van der Waals surface area (Å²) in [5.74, 6) is 0. The second-order valence-corrected chi connectivity index (χ2v) is 19.2. The van der Waals surface area contributed by atoms with Gasteiger partial charge in [-0.2, -0.15) is 0 Å².